The molecule has 0 aliphatic rings. The van der Waals surface area contributed by atoms with Gasteiger partial charge in [0.05, 0.1) is 5.92 Å². The topological polar surface area (TPSA) is 71.4 Å². The van der Waals surface area contributed by atoms with Crippen LogP contribution in [0.2, 0.25) is 0 Å². The molecule has 2 atom stereocenters. The Morgan fingerprint density at radius 3 is 2.36 bits per heavy atom. The zero-order valence-corrected chi connectivity index (χ0v) is 8.53. The molecule has 0 aliphatic heterocycles. The smallest absolute Gasteiger partial charge is 0.162 e. The Morgan fingerprint density at radius 1 is 1.43 bits per heavy atom. The SMILES string of the molecule is CCCC(=O)C(O)C(CC=O)C(C)=O. The summed E-state index contributed by atoms with van der Waals surface area (Å²) in [4.78, 5) is 32.5. The van der Waals surface area contributed by atoms with E-state index in [4.69, 9.17) is 0 Å². The first-order chi connectivity index (χ1) is 6.54. The van der Waals surface area contributed by atoms with Crippen molar-refractivity contribution in [3.63, 3.8) is 0 Å². The van der Waals surface area contributed by atoms with Gasteiger partial charge in [0.25, 0.3) is 0 Å². The van der Waals surface area contributed by atoms with Crippen molar-refractivity contribution in [1.82, 2.24) is 0 Å². The van der Waals surface area contributed by atoms with E-state index < -0.39 is 12.0 Å². The number of carbonyl (C=O) groups excluding carboxylic acids is 3. The van der Waals surface area contributed by atoms with Crippen LogP contribution in [0, 0.1) is 5.92 Å². The van der Waals surface area contributed by atoms with Crippen LogP contribution in [0.25, 0.3) is 0 Å². The van der Waals surface area contributed by atoms with Gasteiger partial charge in [-0.3, -0.25) is 9.59 Å². The summed E-state index contributed by atoms with van der Waals surface area (Å²) in [5.41, 5.74) is 0. The molecule has 0 spiro atoms. The summed E-state index contributed by atoms with van der Waals surface area (Å²) in [6.45, 7) is 3.09. The van der Waals surface area contributed by atoms with E-state index in [0.717, 1.165) is 0 Å². The van der Waals surface area contributed by atoms with Crippen molar-refractivity contribution in [3.05, 3.63) is 0 Å². The van der Waals surface area contributed by atoms with Gasteiger partial charge in [-0.05, 0) is 13.3 Å². The Bertz CT molecular complexity index is 222. The highest BCUT2D eigenvalue weighted by atomic mass is 16.3. The lowest BCUT2D eigenvalue weighted by atomic mass is 9.91. The molecule has 0 aliphatic carbocycles. The fourth-order valence-corrected chi connectivity index (χ4v) is 1.24. The molecular weight excluding hydrogens is 184 g/mol. The van der Waals surface area contributed by atoms with Gasteiger partial charge in [-0.1, -0.05) is 6.92 Å². The molecule has 0 aromatic carbocycles. The summed E-state index contributed by atoms with van der Waals surface area (Å²) >= 11 is 0. The quantitative estimate of drug-likeness (QED) is 0.608. The molecule has 4 heteroatoms. The Hall–Kier alpha value is -1.03. The summed E-state index contributed by atoms with van der Waals surface area (Å²) in [5.74, 6) is -1.56. The van der Waals surface area contributed by atoms with Crippen molar-refractivity contribution in [3.8, 4) is 0 Å². The molecule has 2 unspecified atom stereocenters. The van der Waals surface area contributed by atoms with Crippen LogP contribution in [0.15, 0.2) is 0 Å². The molecular formula is C10H16O4. The highest BCUT2D eigenvalue weighted by Crippen LogP contribution is 2.12. The predicted molar refractivity (Wildman–Crippen MR) is 50.8 cm³/mol. The summed E-state index contributed by atoms with van der Waals surface area (Å²) in [6.07, 6.45) is 0.00366. The fourth-order valence-electron chi connectivity index (χ4n) is 1.24. The van der Waals surface area contributed by atoms with Gasteiger partial charge < -0.3 is 9.90 Å². The molecule has 0 bridgehead atoms. The lowest BCUT2D eigenvalue weighted by Gasteiger charge is -2.16. The highest BCUT2D eigenvalue weighted by molar-refractivity contribution is 5.91. The monoisotopic (exact) mass is 200 g/mol. The van der Waals surface area contributed by atoms with Gasteiger partial charge in [0.15, 0.2) is 5.78 Å². The second-order valence-corrected chi connectivity index (χ2v) is 3.28. The lowest BCUT2D eigenvalue weighted by Crippen LogP contribution is -2.34. The molecule has 0 heterocycles. The van der Waals surface area contributed by atoms with E-state index in [9.17, 15) is 19.5 Å². The molecule has 0 aromatic heterocycles. The predicted octanol–water partition coefficient (Wildman–Crippen LogP) is 0.511. The molecule has 1 N–H and O–H groups in total. The summed E-state index contributed by atoms with van der Waals surface area (Å²) in [7, 11) is 0. The van der Waals surface area contributed by atoms with Crippen LogP contribution in [-0.4, -0.2) is 29.1 Å². The highest BCUT2D eigenvalue weighted by Gasteiger charge is 2.28. The van der Waals surface area contributed by atoms with Gasteiger partial charge in [-0.15, -0.1) is 0 Å². The number of carbonyl (C=O) groups is 3. The third kappa shape index (κ3) is 3.79. The van der Waals surface area contributed by atoms with Crippen molar-refractivity contribution in [1.29, 1.82) is 0 Å². The van der Waals surface area contributed by atoms with Crippen molar-refractivity contribution in [2.75, 3.05) is 0 Å². The first-order valence-electron chi connectivity index (χ1n) is 4.69. The Morgan fingerprint density at radius 2 is 2.00 bits per heavy atom. The number of hydrogen-bond donors (Lipinski definition) is 1. The van der Waals surface area contributed by atoms with Crippen molar-refractivity contribution >= 4 is 17.9 Å². The number of ketones is 2. The largest absolute Gasteiger partial charge is 0.385 e. The number of hydrogen-bond acceptors (Lipinski definition) is 4. The third-order valence-corrected chi connectivity index (χ3v) is 2.08. The van der Waals surface area contributed by atoms with Gasteiger partial charge in [0.1, 0.15) is 18.2 Å². The Balaban J connectivity index is 4.41. The van der Waals surface area contributed by atoms with Crippen LogP contribution in [-0.2, 0) is 14.4 Å². The van der Waals surface area contributed by atoms with E-state index in [1.54, 1.807) is 0 Å². The summed E-state index contributed by atoms with van der Waals surface area (Å²) < 4.78 is 0. The Labute approximate surface area is 83.3 Å². The standard InChI is InChI=1S/C10H16O4/c1-3-4-9(13)10(14)8(5-6-11)7(2)12/h6,8,10,14H,3-5H2,1-2H3. The molecule has 0 aromatic rings. The molecule has 0 rings (SSSR count). The molecule has 0 radical (unpaired) electrons. The van der Waals surface area contributed by atoms with Crippen molar-refractivity contribution in [2.24, 2.45) is 5.92 Å². The number of aliphatic hydroxyl groups is 1. The van der Waals surface area contributed by atoms with E-state index in [2.05, 4.69) is 0 Å². The Kier molecular flexibility index (Phi) is 5.95. The maximum Gasteiger partial charge on any atom is 0.162 e. The van der Waals surface area contributed by atoms with Crippen LogP contribution in [0.5, 0.6) is 0 Å². The van der Waals surface area contributed by atoms with Gasteiger partial charge in [0, 0.05) is 12.8 Å². The second kappa shape index (κ2) is 6.43. The average Bonchev–Trinajstić information content (AvgIpc) is 2.13. The minimum Gasteiger partial charge on any atom is -0.385 e. The molecule has 0 saturated heterocycles. The molecule has 4 nitrogen and oxygen atoms in total. The van der Waals surface area contributed by atoms with Crippen molar-refractivity contribution in [2.45, 2.75) is 39.2 Å². The third-order valence-electron chi connectivity index (χ3n) is 2.08. The molecule has 14 heavy (non-hydrogen) atoms. The van der Waals surface area contributed by atoms with E-state index >= 15 is 0 Å². The van der Waals surface area contributed by atoms with Gasteiger partial charge in [0.2, 0.25) is 0 Å². The summed E-state index contributed by atoms with van der Waals surface area (Å²) in [5, 5.41) is 9.48. The number of Topliss-reactive ketones (excluding diaryl/α,β-unsaturated/α-hetero) is 2. The van der Waals surface area contributed by atoms with Crippen molar-refractivity contribution < 1.29 is 19.5 Å². The zero-order valence-electron chi connectivity index (χ0n) is 8.53. The maximum atomic E-state index is 11.2. The van der Waals surface area contributed by atoms with Crippen LogP contribution < -0.4 is 0 Å². The number of aldehydes is 1. The number of aliphatic hydroxyl groups excluding tert-OH is 1. The van der Waals surface area contributed by atoms with Gasteiger partial charge >= 0.3 is 0 Å². The second-order valence-electron chi connectivity index (χ2n) is 3.28. The molecule has 80 valence electrons. The number of rotatable bonds is 7. The van der Waals surface area contributed by atoms with Gasteiger partial charge in [-0.2, -0.15) is 0 Å². The lowest BCUT2D eigenvalue weighted by molar-refractivity contribution is -0.137. The summed E-state index contributed by atoms with van der Waals surface area (Å²) in [6, 6.07) is 0. The molecule has 0 fully saturated rings. The zero-order chi connectivity index (χ0) is 11.1. The first kappa shape index (κ1) is 13.0. The minimum atomic E-state index is -1.32. The van der Waals surface area contributed by atoms with Crippen LogP contribution in [0.4, 0.5) is 0 Å². The fraction of sp³-hybridized carbons (Fsp3) is 0.700. The minimum absolute atomic E-state index is 0.0913. The van der Waals surface area contributed by atoms with Gasteiger partial charge in [-0.25, -0.2) is 0 Å². The normalized spacial score (nSPS) is 14.5. The molecule has 0 saturated carbocycles. The average molecular weight is 200 g/mol. The maximum absolute atomic E-state index is 11.2. The van der Waals surface area contributed by atoms with Crippen LogP contribution in [0.3, 0.4) is 0 Å². The first-order valence-corrected chi connectivity index (χ1v) is 4.69. The van der Waals surface area contributed by atoms with E-state index in [0.29, 0.717) is 12.7 Å². The van der Waals surface area contributed by atoms with E-state index in [-0.39, 0.29) is 24.4 Å². The van der Waals surface area contributed by atoms with Crippen LogP contribution >= 0.6 is 0 Å². The van der Waals surface area contributed by atoms with E-state index in [1.165, 1.54) is 6.92 Å². The van der Waals surface area contributed by atoms with Crippen LogP contribution in [0.1, 0.15) is 33.1 Å². The van der Waals surface area contributed by atoms with E-state index in [1.807, 2.05) is 6.92 Å². The molecule has 0 amide bonds.